The van der Waals surface area contributed by atoms with Gasteiger partial charge in [0, 0.05) is 16.1 Å². The fourth-order valence-electron chi connectivity index (χ4n) is 2.45. The summed E-state index contributed by atoms with van der Waals surface area (Å²) in [6.45, 7) is 7.23. The molecule has 156 valence electrons. The number of halogens is 2. The van der Waals surface area contributed by atoms with Crippen LogP contribution in [0.25, 0.3) is 0 Å². The average Bonchev–Trinajstić information content (AvgIpc) is 2.61. The van der Waals surface area contributed by atoms with Crippen molar-refractivity contribution in [2.45, 2.75) is 65.3 Å². The van der Waals surface area contributed by atoms with E-state index in [1.165, 1.54) is 25.7 Å². The van der Waals surface area contributed by atoms with Crippen LogP contribution in [0.3, 0.4) is 0 Å². The van der Waals surface area contributed by atoms with E-state index in [0.29, 0.717) is 28.6 Å². The molecule has 1 aromatic carbocycles. The quantitative estimate of drug-likeness (QED) is 0.146. The molecule has 1 N–H and O–H groups in total. The van der Waals surface area contributed by atoms with Gasteiger partial charge in [-0.1, -0.05) is 86.8 Å². The number of nitrogens with one attached hydrogen (secondary N) is 1. The van der Waals surface area contributed by atoms with Gasteiger partial charge in [0.15, 0.2) is 0 Å². The summed E-state index contributed by atoms with van der Waals surface area (Å²) in [6, 6.07) is 5.69. The van der Waals surface area contributed by atoms with Crippen LogP contribution in [-0.4, -0.2) is 17.6 Å². The Kier molecular flexibility index (Phi) is 13.3. The maximum absolute atomic E-state index is 5.96. The van der Waals surface area contributed by atoms with Crippen molar-refractivity contribution in [3.05, 3.63) is 52.5 Å². The summed E-state index contributed by atoms with van der Waals surface area (Å²) in [4.78, 5) is 0.799. The number of hydrogen-bond acceptors (Lipinski definition) is 2. The first-order valence-electron chi connectivity index (χ1n) is 10.1. The Morgan fingerprint density at radius 3 is 2.32 bits per heavy atom. The first-order valence-corrected chi connectivity index (χ1v) is 11.3. The van der Waals surface area contributed by atoms with Crippen LogP contribution in [0, 0.1) is 5.92 Å². The van der Waals surface area contributed by atoms with Crippen LogP contribution >= 0.6 is 35.4 Å². The molecular formula is C23H33Cl2NOS. The molecule has 1 aromatic rings. The molecule has 1 atom stereocenters. The highest BCUT2D eigenvalue weighted by molar-refractivity contribution is 7.80. The van der Waals surface area contributed by atoms with Gasteiger partial charge in [-0.2, -0.15) is 0 Å². The molecule has 0 saturated carbocycles. The van der Waals surface area contributed by atoms with Crippen molar-refractivity contribution in [3.8, 4) is 5.75 Å². The second kappa shape index (κ2) is 14.9. The van der Waals surface area contributed by atoms with E-state index in [2.05, 4.69) is 38.2 Å². The molecule has 1 rings (SSSR count). The van der Waals surface area contributed by atoms with Crippen molar-refractivity contribution >= 4 is 40.4 Å². The van der Waals surface area contributed by atoms with Crippen LogP contribution in [0.4, 0.5) is 0 Å². The van der Waals surface area contributed by atoms with Crippen molar-refractivity contribution < 1.29 is 4.74 Å². The van der Waals surface area contributed by atoms with Crippen LogP contribution in [0.1, 0.15) is 59.3 Å². The Balaban J connectivity index is 2.00. The van der Waals surface area contributed by atoms with E-state index < -0.39 is 0 Å². The zero-order valence-corrected chi connectivity index (χ0v) is 19.5. The van der Waals surface area contributed by atoms with Gasteiger partial charge in [0.25, 0.3) is 0 Å². The third-order valence-corrected chi connectivity index (χ3v) is 5.18. The number of unbranched alkanes of at least 4 members (excludes halogenated alkanes) is 5. The molecule has 0 fully saturated rings. The first kappa shape index (κ1) is 25.0. The summed E-state index contributed by atoms with van der Waals surface area (Å²) in [5, 5.41) is 4.53. The van der Waals surface area contributed by atoms with Gasteiger partial charge in [-0.25, -0.2) is 0 Å². The van der Waals surface area contributed by atoms with E-state index in [0.717, 1.165) is 23.6 Å². The molecule has 1 unspecified atom stereocenters. The van der Waals surface area contributed by atoms with Gasteiger partial charge >= 0.3 is 0 Å². The topological polar surface area (TPSA) is 21.3 Å². The van der Waals surface area contributed by atoms with Crippen LogP contribution in [0.15, 0.2) is 42.5 Å². The zero-order chi connectivity index (χ0) is 20.8. The molecule has 0 aliphatic carbocycles. The zero-order valence-electron chi connectivity index (χ0n) is 17.2. The minimum absolute atomic E-state index is 0.398. The lowest BCUT2D eigenvalue weighted by molar-refractivity contribution is 0.304. The largest absolute Gasteiger partial charge is 0.493 e. The predicted molar refractivity (Wildman–Crippen MR) is 128 cm³/mol. The van der Waals surface area contributed by atoms with Crippen molar-refractivity contribution in [2.24, 2.45) is 5.92 Å². The highest BCUT2D eigenvalue weighted by Crippen LogP contribution is 2.24. The maximum atomic E-state index is 5.96. The molecule has 0 radical (unpaired) electrons. The standard InChI is InChI=1S/C23H33Cl2NOS/c1-18(2)19(3)26-23(28)13-11-9-7-5-4-6-8-10-12-14-27-22-16-20(24)15-21(25)17-22/h7,9,11,13,15-19H,4-6,8,10,12,14H2,1-3H3,(H,26,28)/b9-7+,13-11+. The van der Waals surface area contributed by atoms with E-state index >= 15 is 0 Å². The molecule has 0 heterocycles. The molecule has 0 saturated heterocycles. The number of benzene rings is 1. The SMILES string of the molecule is CC(C)C(C)NC(=S)/C=C/C=C/CCCCCCCOc1cc(Cl)cc(Cl)c1. The van der Waals surface area contributed by atoms with E-state index in [-0.39, 0.29) is 0 Å². The van der Waals surface area contributed by atoms with E-state index in [4.69, 9.17) is 40.2 Å². The van der Waals surface area contributed by atoms with Gasteiger partial charge in [0.05, 0.1) is 11.6 Å². The van der Waals surface area contributed by atoms with Crippen LogP contribution in [-0.2, 0) is 0 Å². The lowest BCUT2D eigenvalue weighted by atomic mass is 10.1. The van der Waals surface area contributed by atoms with Crippen molar-refractivity contribution in [1.82, 2.24) is 5.32 Å². The van der Waals surface area contributed by atoms with Crippen molar-refractivity contribution in [3.63, 3.8) is 0 Å². The fraction of sp³-hybridized carbons (Fsp3) is 0.522. The molecule has 5 heteroatoms. The molecule has 0 aliphatic rings. The molecular weight excluding hydrogens is 409 g/mol. The summed E-state index contributed by atoms with van der Waals surface area (Å²) in [6.07, 6.45) is 15.3. The van der Waals surface area contributed by atoms with Gasteiger partial charge in [-0.05, 0) is 56.4 Å². The summed E-state index contributed by atoms with van der Waals surface area (Å²) in [5.74, 6) is 1.31. The summed E-state index contributed by atoms with van der Waals surface area (Å²) in [5.41, 5.74) is 0. The van der Waals surface area contributed by atoms with Gasteiger partial charge in [-0.15, -0.1) is 0 Å². The Morgan fingerprint density at radius 2 is 1.64 bits per heavy atom. The summed E-state index contributed by atoms with van der Waals surface area (Å²) in [7, 11) is 0. The summed E-state index contributed by atoms with van der Waals surface area (Å²) < 4.78 is 5.69. The second-order valence-electron chi connectivity index (χ2n) is 7.34. The normalized spacial score (nSPS) is 12.8. The third kappa shape index (κ3) is 12.4. The number of hydrogen-bond donors (Lipinski definition) is 1. The Morgan fingerprint density at radius 1 is 1.00 bits per heavy atom. The third-order valence-electron chi connectivity index (χ3n) is 4.48. The Labute approximate surface area is 186 Å². The highest BCUT2D eigenvalue weighted by atomic mass is 35.5. The fourth-order valence-corrected chi connectivity index (χ4v) is 3.22. The minimum atomic E-state index is 0.398. The lowest BCUT2D eigenvalue weighted by Crippen LogP contribution is -2.33. The number of thiocarbonyl (C=S) groups is 1. The Hall–Kier alpha value is -1.03. The number of ether oxygens (including phenoxy) is 1. The van der Waals surface area contributed by atoms with E-state index in [9.17, 15) is 0 Å². The number of rotatable bonds is 13. The molecule has 0 aromatic heterocycles. The minimum Gasteiger partial charge on any atom is -0.493 e. The lowest BCUT2D eigenvalue weighted by Gasteiger charge is -2.17. The van der Waals surface area contributed by atoms with Crippen LogP contribution < -0.4 is 10.1 Å². The maximum Gasteiger partial charge on any atom is 0.122 e. The van der Waals surface area contributed by atoms with E-state index in [1.54, 1.807) is 18.2 Å². The smallest absolute Gasteiger partial charge is 0.122 e. The molecule has 0 aliphatic heterocycles. The monoisotopic (exact) mass is 441 g/mol. The van der Waals surface area contributed by atoms with E-state index in [1.807, 2.05) is 12.2 Å². The molecule has 0 bridgehead atoms. The van der Waals surface area contributed by atoms with Gasteiger partial charge in [-0.3, -0.25) is 0 Å². The second-order valence-corrected chi connectivity index (χ2v) is 8.65. The summed E-state index contributed by atoms with van der Waals surface area (Å²) >= 11 is 17.2. The molecule has 0 amide bonds. The molecule has 2 nitrogen and oxygen atoms in total. The average molecular weight is 442 g/mol. The van der Waals surface area contributed by atoms with Gasteiger partial charge in [0.1, 0.15) is 5.75 Å². The highest BCUT2D eigenvalue weighted by Gasteiger charge is 2.05. The van der Waals surface area contributed by atoms with Crippen molar-refractivity contribution in [2.75, 3.05) is 6.61 Å². The molecule has 0 spiro atoms. The molecule has 28 heavy (non-hydrogen) atoms. The van der Waals surface area contributed by atoms with Crippen molar-refractivity contribution in [1.29, 1.82) is 0 Å². The Bertz CT molecular complexity index is 623. The van der Waals surface area contributed by atoms with Gasteiger partial charge in [0.2, 0.25) is 0 Å². The van der Waals surface area contributed by atoms with Crippen LogP contribution in [0.2, 0.25) is 10.0 Å². The first-order chi connectivity index (χ1) is 13.4. The number of allylic oxidation sites excluding steroid dienone is 3. The predicted octanol–water partition coefficient (Wildman–Crippen LogP) is 7.79. The van der Waals surface area contributed by atoms with Crippen LogP contribution in [0.5, 0.6) is 5.75 Å². The van der Waals surface area contributed by atoms with Gasteiger partial charge < -0.3 is 10.1 Å².